The minimum Gasteiger partial charge on any atom is -0.385 e. The summed E-state index contributed by atoms with van der Waals surface area (Å²) in [6.45, 7) is 7.93. The predicted octanol–water partition coefficient (Wildman–Crippen LogP) is 0.188. The van der Waals surface area contributed by atoms with Crippen molar-refractivity contribution in [3.8, 4) is 0 Å². The highest BCUT2D eigenvalue weighted by Gasteiger charge is 2.07. The summed E-state index contributed by atoms with van der Waals surface area (Å²) in [5.41, 5.74) is 5.67. The lowest BCUT2D eigenvalue weighted by Crippen LogP contribution is -2.40. The fraction of sp³-hybridized carbons (Fsp3) is 0.400. The summed E-state index contributed by atoms with van der Waals surface area (Å²) < 4.78 is 2.48. The van der Waals surface area contributed by atoms with Gasteiger partial charge in [0.1, 0.15) is 5.82 Å². The van der Waals surface area contributed by atoms with Crippen molar-refractivity contribution in [1.82, 2.24) is 9.13 Å². The van der Waals surface area contributed by atoms with Crippen LogP contribution in [0, 0.1) is 0 Å². The molecule has 0 aliphatic heterocycles. The SMILES string of the molecule is C=C(C)Cn1c(N)cc(=O)n(CC)c1=O. The number of anilines is 1. The Bertz CT molecular complexity index is 496. The first-order valence-electron chi connectivity index (χ1n) is 4.72. The third kappa shape index (κ3) is 2.18. The Kier molecular flexibility index (Phi) is 3.14. The highest BCUT2D eigenvalue weighted by atomic mass is 16.2. The Hall–Kier alpha value is -1.78. The molecule has 2 N–H and O–H groups in total. The van der Waals surface area contributed by atoms with Crippen molar-refractivity contribution in [1.29, 1.82) is 0 Å². The van der Waals surface area contributed by atoms with Gasteiger partial charge in [-0.3, -0.25) is 13.9 Å². The molecule has 0 aromatic carbocycles. The summed E-state index contributed by atoms with van der Waals surface area (Å²) in [6, 6.07) is 1.26. The zero-order chi connectivity index (χ0) is 11.6. The molecule has 0 bridgehead atoms. The van der Waals surface area contributed by atoms with Crippen LogP contribution in [0.15, 0.2) is 27.8 Å². The molecular formula is C10H15N3O2. The van der Waals surface area contributed by atoms with E-state index in [1.807, 2.05) is 0 Å². The molecule has 0 amide bonds. The van der Waals surface area contributed by atoms with Gasteiger partial charge in [-0.1, -0.05) is 12.2 Å². The maximum absolute atomic E-state index is 11.8. The lowest BCUT2D eigenvalue weighted by molar-refractivity contribution is 0.602. The third-order valence-electron chi connectivity index (χ3n) is 2.06. The predicted molar refractivity (Wildman–Crippen MR) is 59.9 cm³/mol. The number of hydrogen-bond acceptors (Lipinski definition) is 3. The lowest BCUT2D eigenvalue weighted by atomic mass is 10.3. The second-order valence-electron chi connectivity index (χ2n) is 3.48. The molecule has 0 radical (unpaired) electrons. The van der Waals surface area contributed by atoms with Crippen LogP contribution in [-0.2, 0) is 13.1 Å². The molecule has 1 aromatic heterocycles. The van der Waals surface area contributed by atoms with Gasteiger partial charge in [0.2, 0.25) is 0 Å². The Morgan fingerprint density at radius 2 is 2.07 bits per heavy atom. The number of allylic oxidation sites excluding steroid dienone is 1. The van der Waals surface area contributed by atoms with Gasteiger partial charge in [0.15, 0.2) is 0 Å². The summed E-state index contributed by atoms with van der Waals surface area (Å²) in [7, 11) is 0. The quantitative estimate of drug-likeness (QED) is 0.722. The average Bonchev–Trinajstić information content (AvgIpc) is 2.12. The van der Waals surface area contributed by atoms with Crippen molar-refractivity contribution in [2.24, 2.45) is 0 Å². The molecule has 1 aromatic rings. The van der Waals surface area contributed by atoms with Crippen molar-refractivity contribution in [2.45, 2.75) is 26.9 Å². The summed E-state index contributed by atoms with van der Waals surface area (Å²) in [5.74, 6) is 0.178. The van der Waals surface area contributed by atoms with E-state index in [0.29, 0.717) is 13.1 Å². The van der Waals surface area contributed by atoms with Gasteiger partial charge in [-0.15, -0.1) is 0 Å². The van der Waals surface area contributed by atoms with E-state index in [-0.39, 0.29) is 17.1 Å². The average molecular weight is 209 g/mol. The topological polar surface area (TPSA) is 70.0 Å². The second kappa shape index (κ2) is 4.16. The van der Waals surface area contributed by atoms with Gasteiger partial charge in [0.25, 0.3) is 5.56 Å². The molecule has 15 heavy (non-hydrogen) atoms. The zero-order valence-electron chi connectivity index (χ0n) is 8.99. The van der Waals surface area contributed by atoms with E-state index in [2.05, 4.69) is 6.58 Å². The second-order valence-corrected chi connectivity index (χ2v) is 3.48. The van der Waals surface area contributed by atoms with E-state index in [0.717, 1.165) is 10.1 Å². The van der Waals surface area contributed by atoms with E-state index >= 15 is 0 Å². The van der Waals surface area contributed by atoms with Gasteiger partial charge in [-0.25, -0.2) is 4.79 Å². The van der Waals surface area contributed by atoms with Crippen LogP contribution in [0.4, 0.5) is 5.82 Å². The Balaban J connectivity index is 3.46. The van der Waals surface area contributed by atoms with E-state index < -0.39 is 0 Å². The summed E-state index contributed by atoms with van der Waals surface area (Å²) >= 11 is 0. The highest BCUT2D eigenvalue weighted by molar-refractivity contribution is 5.27. The Morgan fingerprint density at radius 1 is 1.47 bits per heavy atom. The fourth-order valence-corrected chi connectivity index (χ4v) is 1.35. The molecule has 0 atom stereocenters. The number of nitrogen functional groups attached to an aromatic ring is 1. The molecule has 1 rings (SSSR count). The van der Waals surface area contributed by atoms with E-state index in [1.165, 1.54) is 10.6 Å². The minimum absolute atomic E-state index is 0.178. The van der Waals surface area contributed by atoms with Crippen LogP contribution in [-0.4, -0.2) is 9.13 Å². The Morgan fingerprint density at radius 3 is 2.53 bits per heavy atom. The zero-order valence-corrected chi connectivity index (χ0v) is 8.99. The monoisotopic (exact) mass is 209 g/mol. The summed E-state index contributed by atoms with van der Waals surface area (Å²) in [4.78, 5) is 23.2. The standard InChI is InChI=1S/C10H15N3O2/c1-4-12-9(14)5-8(11)13(10(12)15)6-7(2)3/h5H,2,4,6,11H2,1,3H3. The number of nitrogens with two attached hydrogens (primary N) is 1. The van der Waals surface area contributed by atoms with Crippen LogP contribution in [0.5, 0.6) is 0 Å². The van der Waals surface area contributed by atoms with Crippen molar-refractivity contribution < 1.29 is 0 Å². The number of nitrogens with zero attached hydrogens (tertiary/aromatic N) is 2. The molecule has 0 spiro atoms. The van der Waals surface area contributed by atoms with Crippen molar-refractivity contribution in [3.63, 3.8) is 0 Å². The van der Waals surface area contributed by atoms with Gasteiger partial charge in [-0.2, -0.15) is 0 Å². The van der Waals surface area contributed by atoms with Crippen LogP contribution in [0.25, 0.3) is 0 Å². The molecule has 5 nitrogen and oxygen atoms in total. The first kappa shape index (κ1) is 11.3. The van der Waals surface area contributed by atoms with E-state index in [9.17, 15) is 9.59 Å². The molecule has 0 saturated carbocycles. The smallest absolute Gasteiger partial charge is 0.332 e. The maximum atomic E-state index is 11.8. The van der Waals surface area contributed by atoms with Gasteiger partial charge < -0.3 is 5.73 Å². The van der Waals surface area contributed by atoms with Crippen LogP contribution < -0.4 is 17.0 Å². The Labute approximate surface area is 87.5 Å². The first-order chi connectivity index (χ1) is 6.97. The largest absolute Gasteiger partial charge is 0.385 e. The summed E-state index contributed by atoms with van der Waals surface area (Å²) in [6.07, 6.45) is 0. The lowest BCUT2D eigenvalue weighted by Gasteiger charge is -2.11. The van der Waals surface area contributed by atoms with Gasteiger partial charge in [0.05, 0.1) is 0 Å². The molecule has 0 aliphatic rings. The molecule has 0 unspecified atom stereocenters. The molecular weight excluding hydrogens is 194 g/mol. The van der Waals surface area contributed by atoms with E-state index in [1.54, 1.807) is 13.8 Å². The highest BCUT2D eigenvalue weighted by Crippen LogP contribution is 1.98. The van der Waals surface area contributed by atoms with Crippen LogP contribution in [0.2, 0.25) is 0 Å². The fourth-order valence-electron chi connectivity index (χ4n) is 1.35. The van der Waals surface area contributed by atoms with Crippen LogP contribution in [0.1, 0.15) is 13.8 Å². The molecule has 0 aliphatic carbocycles. The van der Waals surface area contributed by atoms with Gasteiger partial charge >= 0.3 is 5.69 Å². The first-order valence-corrected chi connectivity index (χ1v) is 4.72. The van der Waals surface area contributed by atoms with Crippen LogP contribution >= 0.6 is 0 Å². The van der Waals surface area contributed by atoms with Crippen molar-refractivity contribution in [2.75, 3.05) is 5.73 Å². The maximum Gasteiger partial charge on any atom is 0.332 e. The van der Waals surface area contributed by atoms with Crippen LogP contribution in [0.3, 0.4) is 0 Å². The third-order valence-corrected chi connectivity index (χ3v) is 2.06. The molecule has 5 heteroatoms. The van der Waals surface area contributed by atoms with Gasteiger partial charge in [0, 0.05) is 19.2 Å². The summed E-state index contributed by atoms with van der Waals surface area (Å²) in [5, 5.41) is 0. The molecule has 1 heterocycles. The molecule has 82 valence electrons. The normalized spacial score (nSPS) is 10.3. The molecule has 0 saturated heterocycles. The van der Waals surface area contributed by atoms with Crippen molar-refractivity contribution in [3.05, 3.63) is 39.1 Å². The van der Waals surface area contributed by atoms with Crippen molar-refractivity contribution >= 4 is 5.82 Å². The van der Waals surface area contributed by atoms with E-state index in [4.69, 9.17) is 5.73 Å². The number of aromatic nitrogens is 2. The minimum atomic E-state index is -0.384. The number of rotatable bonds is 3. The van der Waals surface area contributed by atoms with Gasteiger partial charge in [-0.05, 0) is 13.8 Å². The molecule has 0 fully saturated rings. The number of hydrogen-bond donors (Lipinski definition) is 1.